The van der Waals surface area contributed by atoms with Crippen molar-refractivity contribution in [2.75, 3.05) is 0 Å². The molecule has 0 bridgehead atoms. The van der Waals surface area contributed by atoms with Crippen LogP contribution in [0.5, 0.6) is 0 Å². The van der Waals surface area contributed by atoms with Crippen LogP contribution in [0.1, 0.15) is 23.2 Å². The van der Waals surface area contributed by atoms with Gasteiger partial charge in [0, 0.05) is 18.3 Å². The summed E-state index contributed by atoms with van der Waals surface area (Å²) in [5, 5.41) is 0. The fraction of sp³-hybridized carbons (Fsp3) is 0.417. The number of nitrogens with zero attached hydrogens (tertiary/aromatic N) is 1. The molecule has 0 aliphatic carbocycles. The maximum Gasteiger partial charge on any atom is 0.419 e. The third kappa shape index (κ3) is 3.20. The number of oxazole rings is 1. The van der Waals surface area contributed by atoms with E-state index < -0.39 is 23.2 Å². The van der Waals surface area contributed by atoms with Gasteiger partial charge < -0.3 is 4.42 Å². The average molecular weight is 338 g/mol. The Morgan fingerprint density at radius 3 is 2.74 bits per heavy atom. The molecule has 1 unspecified atom stereocenters. The smallest absolute Gasteiger partial charge is 0.408 e. The van der Waals surface area contributed by atoms with Crippen molar-refractivity contribution in [3.05, 3.63) is 34.3 Å². The molecule has 1 heterocycles. The van der Waals surface area contributed by atoms with Gasteiger partial charge in [0.15, 0.2) is 5.58 Å². The molecular formula is C12H11BrF3NO2. The molecule has 3 nitrogen and oxygen atoms in total. The van der Waals surface area contributed by atoms with E-state index in [2.05, 4.69) is 15.9 Å². The first-order chi connectivity index (χ1) is 8.78. The Labute approximate surface area is 115 Å². The molecule has 19 heavy (non-hydrogen) atoms. The van der Waals surface area contributed by atoms with Crippen molar-refractivity contribution in [2.45, 2.75) is 23.8 Å². The van der Waals surface area contributed by atoms with Crippen molar-refractivity contribution in [1.29, 1.82) is 0 Å². The van der Waals surface area contributed by atoms with Crippen LogP contribution in [0.4, 0.5) is 13.2 Å². The maximum atomic E-state index is 12.2. The highest BCUT2D eigenvalue weighted by Crippen LogP contribution is 2.33. The topological polar surface area (TPSA) is 35.1 Å². The summed E-state index contributed by atoms with van der Waals surface area (Å²) in [6, 6.07) is 4.94. The molecule has 1 aromatic carbocycles. The fourth-order valence-corrected chi connectivity index (χ4v) is 2.32. The van der Waals surface area contributed by atoms with Crippen molar-refractivity contribution < 1.29 is 17.6 Å². The number of rotatable bonds is 3. The Hall–Kier alpha value is -1.24. The molecule has 0 aliphatic rings. The second kappa shape index (κ2) is 5.03. The van der Waals surface area contributed by atoms with Crippen LogP contribution in [0.15, 0.2) is 27.4 Å². The molecule has 0 spiro atoms. The van der Waals surface area contributed by atoms with Crippen molar-refractivity contribution in [3.63, 3.8) is 0 Å². The third-order valence-electron chi connectivity index (χ3n) is 2.86. The van der Waals surface area contributed by atoms with Crippen LogP contribution < -0.4 is 5.76 Å². The lowest BCUT2D eigenvalue weighted by Gasteiger charge is -2.11. The first kappa shape index (κ1) is 14.2. The summed E-state index contributed by atoms with van der Waals surface area (Å²) >= 11 is 3.22. The Bertz CT molecular complexity index is 644. The summed E-state index contributed by atoms with van der Waals surface area (Å²) in [4.78, 5) is 10.9. The number of aryl methyl sites for hydroxylation is 1. The highest BCUT2D eigenvalue weighted by molar-refractivity contribution is 9.09. The molecule has 0 saturated heterocycles. The first-order valence-electron chi connectivity index (χ1n) is 5.58. The number of hydrogen-bond donors (Lipinski definition) is 0. The Balaban J connectivity index is 2.23. The lowest BCUT2D eigenvalue weighted by Crippen LogP contribution is -2.08. The summed E-state index contributed by atoms with van der Waals surface area (Å²) in [7, 11) is 1.57. The van der Waals surface area contributed by atoms with Crippen LogP contribution in [-0.2, 0) is 7.05 Å². The molecule has 2 rings (SSSR count). The zero-order valence-electron chi connectivity index (χ0n) is 10.00. The van der Waals surface area contributed by atoms with Crippen LogP contribution in [0.25, 0.3) is 11.1 Å². The van der Waals surface area contributed by atoms with E-state index >= 15 is 0 Å². The molecule has 0 saturated carbocycles. The van der Waals surface area contributed by atoms with Crippen LogP contribution in [0.3, 0.4) is 0 Å². The average Bonchev–Trinajstić information content (AvgIpc) is 2.61. The van der Waals surface area contributed by atoms with Crippen LogP contribution in [-0.4, -0.2) is 10.7 Å². The van der Waals surface area contributed by atoms with Gasteiger partial charge in [-0.25, -0.2) is 4.79 Å². The Morgan fingerprint density at radius 1 is 1.42 bits per heavy atom. The number of alkyl halides is 4. The third-order valence-corrected chi connectivity index (χ3v) is 3.85. The predicted molar refractivity (Wildman–Crippen MR) is 68.4 cm³/mol. The van der Waals surface area contributed by atoms with E-state index in [1.807, 2.05) is 0 Å². The predicted octanol–water partition coefficient (Wildman–Crippen LogP) is 3.91. The minimum Gasteiger partial charge on any atom is -0.408 e. The van der Waals surface area contributed by atoms with Gasteiger partial charge >= 0.3 is 11.9 Å². The van der Waals surface area contributed by atoms with Gasteiger partial charge in [0.1, 0.15) is 0 Å². The van der Waals surface area contributed by atoms with Crippen LogP contribution in [0, 0.1) is 0 Å². The molecular weight excluding hydrogens is 327 g/mol. The second-order valence-electron chi connectivity index (χ2n) is 4.28. The molecule has 0 N–H and O–H groups in total. The Kier molecular flexibility index (Phi) is 3.75. The molecule has 1 atom stereocenters. The molecule has 1 aromatic heterocycles. The van der Waals surface area contributed by atoms with Gasteiger partial charge in [0.2, 0.25) is 0 Å². The van der Waals surface area contributed by atoms with Crippen LogP contribution >= 0.6 is 15.9 Å². The minimum absolute atomic E-state index is 0.0634. The fourth-order valence-electron chi connectivity index (χ4n) is 1.80. The SMILES string of the molecule is Cn1c(=O)oc2cc(C(Br)CCC(F)(F)F)ccc21. The van der Waals surface area contributed by atoms with E-state index in [9.17, 15) is 18.0 Å². The largest absolute Gasteiger partial charge is 0.419 e. The quantitative estimate of drug-likeness (QED) is 0.796. The van der Waals surface area contributed by atoms with Gasteiger partial charge in [-0.3, -0.25) is 4.57 Å². The van der Waals surface area contributed by atoms with E-state index in [0.29, 0.717) is 16.7 Å². The van der Waals surface area contributed by atoms with Gasteiger partial charge in [0.25, 0.3) is 0 Å². The van der Waals surface area contributed by atoms with E-state index in [1.54, 1.807) is 25.2 Å². The summed E-state index contributed by atoms with van der Waals surface area (Å²) in [6.07, 6.45) is -5.10. The normalized spacial score (nSPS) is 13.9. The molecule has 104 valence electrons. The van der Waals surface area contributed by atoms with Crippen molar-refractivity contribution >= 4 is 27.0 Å². The number of benzene rings is 1. The van der Waals surface area contributed by atoms with E-state index in [0.717, 1.165) is 0 Å². The van der Waals surface area contributed by atoms with Gasteiger partial charge in [0.05, 0.1) is 5.52 Å². The summed E-state index contributed by atoms with van der Waals surface area (Å²) < 4.78 is 42.8. The lowest BCUT2D eigenvalue weighted by molar-refractivity contribution is -0.135. The van der Waals surface area contributed by atoms with E-state index in [-0.39, 0.29) is 6.42 Å². The minimum atomic E-state index is -4.17. The molecule has 2 aromatic rings. The molecule has 0 amide bonds. The highest BCUT2D eigenvalue weighted by Gasteiger charge is 2.28. The van der Waals surface area contributed by atoms with Gasteiger partial charge in [-0.2, -0.15) is 13.2 Å². The van der Waals surface area contributed by atoms with Crippen molar-refractivity contribution in [2.24, 2.45) is 7.05 Å². The molecule has 0 radical (unpaired) electrons. The lowest BCUT2D eigenvalue weighted by atomic mass is 10.1. The van der Waals surface area contributed by atoms with E-state index in [4.69, 9.17) is 4.42 Å². The Morgan fingerprint density at radius 2 is 2.11 bits per heavy atom. The zero-order chi connectivity index (χ0) is 14.2. The monoisotopic (exact) mass is 337 g/mol. The number of hydrogen-bond acceptors (Lipinski definition) is 2. The van der Waals surface area contributed by atoms with E-state index in [1.165, 1.54) is 4.57 Å². The highest BCUT2D eigenvalue weighted by atomic mass is 79.9. The number of aromatic nitrogens is 1. The van der Waals surface area contributed by atoms with Crippen molar-refractivity contribution in [1.82, 2.24) is 4.57 Å². The zero-order valence-corrected chi connectivity index (χ0v) is 11.6. The summed E-state index contributed by atoms with van der Waals surface area (Å²) in [6.45, 7) is 0. The molecule has 0 aliphatic heterocycles. The molecule has 7 heteroatoms. The summed E-state index contributed by atoms with van der Waals surface area (Å²) in [5.41, 5.74) is 1.65. The van der Waals surface area contributed by atoms with Gasteiger partial charge in [-0.15, -0.1) is 0 Å². The number of fused-ring (bicyclic) bond motifs is 1. The van der Waals surface area contributed by atoms with Gasteiger partial charge in [-0.05, 0) is 24.1 Å². The van der Waals surface area contributed by atoms with Crippen molar-refractivity contribution in [3.8, 4) is 0 Å². The number of halogens is 4. The first-order valence-corrected chi connectivity index (χ1v) is 6.50. The molecule has 0 fully saturated rings. The maximum absolute atomic E-state index is 12.2. The van der Waals surface area contributed by atoms with Gasteiger partial charge in [-0.1, -0.05) is 22.0 Å². The van der Waals surface area contributed by atoms with Crippen LogP contribution in [0.2, 0.25) is 0 Å². The second-order valence-corrected chi connectivity index (χ2v) is 5.38. The summed E-state index contributed by atoms with van der Waals surface area (Å²) in [5.74, 6) is -0.492. The standard InChI is InChI=1S/C12H11BrF3NO2/c1-17-9-3-2-7(6-10(9)19-11(17)18)8(13)4-5-12(14,15)16/h2-3,6,8H,4-5H2,1H3.